The molecule has 0 aromatic carbocycles. The molecule has 0 amide bonds. The Morgan fingerprint density at radius 1 is 1.62 bits per heavy atom. The largest absolute Gasteiger partial charge is 0.508 e. The molecule has 0 bridgehead atoms. The molecule has 1 aliphatic rings. The minimum atomic E-state index is 0.0944. The Morgan fingerprint density at radius 2 is 2.38 bits per heavy atom. The van der Waals surface area contributed by atoms with E-state index < -0.39 is 0 Å². The predicted molar refractivity (Wildman–Crippen MR) is 55.8 cm³/mol. The van der Waals surface area contributed by atoms with Crippen LogP contribution in [0.3, 0.4) is 0 Å². The van der Waals surface area contributed by atoms with Gasteiger partial charge in [0.15, 0.2) is 0 Å². The molecule has 0 aliphatic carbocycles. The van der Waals surface area contributed by atoms with E-state index in [0.717, 1.165) is 25.1 Å². The third kappa shape index (κ3) is 1.32. The number of hydrogen-bond acceptors (Lipinski definition) is 4. The Hall–Kier alpha value is -1.00. The SMILES string of the molecule is C=C(O)c1c(N)sc2c1CCNC2. The number of aliphatic hydroxyl groups is 1. The fraction of sp³-hybridized carbons (Fsp3) is 0.333. The predicted octanol–water partition coefficient (Wildman–Crippen LogP) is 1.50. The van der Waals surface area contributed by atoms with Crippen molar-refractivity contribution in [1.82, 2.24) is 5.32 Å². The molecule has 0 saturated carbocycles. The van der Waals surface area contributed by atoms with Crippen LogP contribution in [0.5, 0.6) is 0 Å². The van der Waals surface area contributed by atoms with E-state index in [9.17, 15) is 5.11 Å². The normalized spacial score (nSPS) is 15.4. The number of fused-ring (bicyclic) bond motifs is 1. The number of nitrogens with two attached hydrogens (primary N) is 1. The van der Waals surface area contributed by atoms with Crippen LogP contribution in [0.4, 0.5) is 5.00 Å². The average molecular weight is 196 g/mol. The lowest BCUT2D eigenvalue weighted by molar-refractivity contribution is 0.512. The number of hydrogen-bond donors (Lipinski definition) is 3. The second-order valence-corrected chi connectivity index (χ2v) is 4.25. The number of thiophene rings is 1. The van der Waals surface area contributed by atoms with Crippen LogP contribution in [0, 0.1) is 0 Å². The van der Waals surface area contributed by atoms with Gasteiger partial charge in [0.25, 0.3) is 0 Å². The van der Waals surface area contributed by atoms with Crippen molar-refractivity contribution in [2.45, 2.75) is 13.0 Å². The molecule has 2 rings (SSSR count). The van der Waals surface area contributed by atoms with E-state index in [4.69, 9.17) is 5.73 Å². The van der Waals surface area contributed by atoms with E-state index in [1.165, 1.54) is 21.8 Å². The highest BCUT2D eigenvalue weighted by molar-refractivity contribution is 7.16. The number of nitrogen functional groups attached to an aromatic ring is 1. The van der Waals surface area contributed by atoms with Gasteiger partial charge in [0.05, 0.1) is 10.6 Å². The molecule has 1 aromatic heterocycles. The van der Waals surface area contributed by atoms with E-state index >= 15 is 0 Å². The second kappa shape index (κ2) is 3.05. The standard InChI is InChI=1S/C9H12N2OS/c1-5(12)8-6-2-3-11-4-7(6)13-9(8)10/h11-12H,1-4,10H2. The summed E-state index contributed by atoms with van der Waals surface area (Å²) in [6, 6.07) is 0. The molecule has 1 aromatic rings. The molecule has 0 unspecified atom stereocenters. The summed E-state index contributed by atoms with van der Waals surface area (Å²) in [6.07, 6.45) is 0.929. The molecule has 1 aliphatic heterocycles. The zero-order valence-corrected chi connectivity index (χ0v) is 8.08. The zero-order chi connectivity index (χ0) is 9.42. The van der Waals surface area contributed by atoms with Gasteiger partial charge in [0.2, 0.25) is 0 Å². The van der Waals surface area contributed by atoms with Crippen LogP contribution in [0.15, 0.2) is 6.58 Å². The van der Waals surface area contributed by atoms with Crippen LogP contribution in [-0.4, -0.2) is 11.7 Å². The summed E-state index contributed by atoms with van der Waals surface area (Å²) < 4.78 is 0. The highest BCUT2D eigenvalue weighted by Gasteiger charge is 2.20. The highest BCUT2D eigenvalue weighted by atomic mass is 32.1. The number of rotatable bonds is 1. The quantitative estimate of drug-likeness (QED) is 0.597. The van der Waals surface area contributed by atoms with Gasteiger partial charge < -0.3 is 16.2 Å². The molecule has 0 radical (unpaired) electrons. The molecule has 4 N–H and O–H groups in total. The first kappa shape index (κ1) is 8.59. The van der Waals surface area contributed by atoms with Crippen molar-refractivity contribution in [3.8, 4) is 0 Å². The number of anilines is 1. The Bertz CT molecular complexity index is 357. The molecule has 0 fully saturated rings. The summed E-state index contributed by atoms with van der Waals surface area (Å²) in [7, 11) is 0. The molecular formula is C9H12N2OS. The first-order valence-corrected chi connectivity index (χ1v) is 5.00. The molecule has 2 heterocycles. The summed E-state index contributed by atoms with van der Waals surface area (Å²) in [5.74, 6) is 0.0944. The maximum absolute atomic E-state index is 9.36. The van der Waals surface area contributed by atoms with Crippen LogP contribution in [-0.2, 0) is 13.0 Å². The minimum Gasteiger partial charge on any atom is -0.508 e. The van der Waals surface area contributed by atoms with Gasteiger partial charge in [-0.05, 0) is 18.5 Å². The van der Waals surface area contributed by atoms with Gasteiger partial charge in [-0.25, -0.2) is 0 Å². The molecule has 4 heteroatoms. The van der Waals surface area contributed by atoms with Gasteiger partial charge >= 0.3 is 0 Å². The van der Waals surface area contributed by atoms with Gasteiger partial charge in [-0.2, -0.15) is 0 Å². The first-order chi connectivity index (χ1) is 6.20. The Kier molecular flexibility index (Phi) is 2.01. The Morgan fingerprint density at radius 3 is 3.08 bits per heavy atom. The fourth-order valence-corrected chi connectivity index (χ4v) is 2.78. The topological polar surface area (TPSA) is 58.3 Å². The maximum atomic E-state index is 9.36. The lowest BCUT2D eigenvalue weighted by Crippen LogP contribution is -2.22. The Labute approximate surface area is 80.9 Å². The minimum absolute atomic E-state index is 0.0944. The molecule has 13 heavy (non-hydrogen) atoms. The molecule has 70 valence electrons. The van der Waals surface area contributed by atoms with Crippen molar-refractivity contribution in [1.29, 1.82) is 0 Å². The van der Waals surface area contributed by atoms with Crippen LogP contribution >= 0.6 is 11.3 Å². The molecule has 0 spiro atoms. The van der Waals surface area contributed by atoms with Crippen molar-refractivity contribution >= 4 is 22.1 Å². The summed E-state index contributed by atoms with van der Waals surface area (Å²) >= 11 is 1.54. The monoisotopic (exact) mass is 196 g/mol. The first-order valence-electron chi connectivity index (χ1n) is 4.19. The van der Waals surface area contributed by atoms with Crippen LogP contribution in [0.25, 0.3) is 5.76 Å². The van der Waals surface area contributed by atoms with E-state index in [1.54, 1.807) is 0 Å². The van der Waals surface area contributed by atoms with Crippen molar-refractivity contribution in [3.63, 3.8) is 0 Å². The highest BCUT2D eigenvalue weighted by Crippen LogP contribution is 2.35. The van der Waals surface area contributed by atoms with Crippen molar-refractivity contribution < 1.29 is 5.11 Å². The van der Waals surface area contributed by atoms with Gasteiger partial charge in [0.1, 0.15) is 5.76 Å². The van der Waals surface area contributed by atoms with Gasteiger partial charge in [0, 0.05) is 11.4 Å². The van der Waals surface area contributed by atoms with E-state index in [-0.39, 0.29) is 5.76 Å². The van der Waals surface area contributed by atoms with Gasteiger partial charge in [-0.1, -0.05) is 6.58 Å². The summed E-state index contributed by atoms with van der Waals surface area (Å²) in [5.41, 5.74) is 7.73. The molecule has 0 atom stereocenters. The van der Waals surface area contributed by atoms with Crippen LogP contribution < -0.4 is 11.1 Å². The van der Waals surface area contributed by atoms with Crippen molar-refractivity contribution in [2.24, 2.45) is 0 Å². The van der Waals surface area contributed by atoms with Crippen molar-refractivity contribution in [2.75, 3.05) is 12.3 Å². The lowest BCUT2D eigenvalue weighted by atomic mass is 10.0. The number of aliphatic hydroxyl groups excluding tert-OH is 1. The van der Waals surface area contributed by atoms with Gasteiger partial charge in [-0.15, -0.1) is 11.3 Å². The Balaban J connectivity index is 2.54. The summed E-state index contributed by atoms with van der Waals surface area (Å²) in [5, 5.41) is 13.3. The fourth-order valence-electron chi connectivity index (χ4n) is 1.67. The number of nitrogens with one attached hydrogen (secondary N) is 1. The van der Waals surface area contributed by atoms with E-state index in [2.05, 4.69) is 11.9 Å². The lowest BCUT2D eigenvalue weighted by Gasteiger charge is -2.13. The zero-order valence-electron chi connectivity index (χ0n) is 7.26. The summed E-state index contributed by atoms with van der Waals surface area (Å²) in [6.45, 7) is 5.33. The maximum Gasteiger partial charge on any atom is 0.118 e. The average Bonchev–Trinajstić information content (AvgIpc) is 2.39. The van der Waals surface area contributed by atoms with Crippen molar-refractivity contribution in [3.05, 3.63) is 22.6 Å². The second-order valence-electron chi connectivity index (χ2n) is 3.12. The third-order valence-corrected chi connectivity index (χ3v) is 3.31. The summed E-state index contributed by atoms with van der Waals surface area (Å²) in [4.78, 5) is 1.23. The van der Waals surface area contributed by atoms with Crippen LogP contribution in [0.1, 0.15) is 16.0 Å². The smallest absolute Gasteiger partial charge is 0.118 e. The van der Waals surface area contributed by atoms with Crippen LogP contribution in [0.2, 0.25) is 0 Å². The van der Waals surface area contributed by atoms with Gasteiger partial charge in [-0.3, -0.25) is 0 Å². The molecule has 0 saturated heterocycles. The van der Waals surface area contributed by atoms with E-state index in [0.29, 0.717) is 5.00 Å². The molecule has 3 nitrogen and oxygen atoms in total. The third-order valence-electron chi connectivity index (χ3n) is 2.24. The van der Waals surface area contributed by atoms with E-state index in [1.807, 2.05) is 0 Å². The molecular weight excluding hydrogens is 184 g/mol.